The lowest BCUT2D eigenvalue weighted by Crippen LogP contribution is -2.23. The number of carbonyl (C=O) groups excluding carboxylic acids is 1. The number of ketones is 1. The smallest absolute Gasteiger partial charge is 0.160 e. The van der Waals surface area contributed by atoms with Crippen molar-refractivity contribution < 1.29 is 9.53 Å². The fourth-order valence-electron chi connectivity index (χ4n) is 4.44. The molecule has 152 valence electrons. The third kappa shape index (κ3) is 3.27. The molecular formula is C28H28O2. The molecule has 0 radical (unpaired) electrons. The third-order valence-corrected chi connectivity index (χ3v) is 6.08. The van der Waals surface area contributed by atoms with Crippen molar-refractivity contribution in [1.82, 2.24) is 0 Å². The summed E-state index contributed by atoms with van der Waals surface area (Å²) < 4.78 is 6.41. The largest absolute Gasteiger partial charge is 0.456 e. The van der Waals surface area contributed by atoms with E-state index < -0.39 is 0 Å². The molecule has 0 atom stereocenters. The van der Waals surface area contributed by atoms with Gasteiger partial charge in [0, 0.05) is 21.9 Å². The summed E-state index contributed by atoms with van der Waals surface area (Å²) in [4.78, 5) is 12.5. The predicted octanol–water partition coefficient (Wildman–Crippen LogP) is 5.34. The summed E-state index contributed by atoms with van der Waals surface area (Å²) in [6.07, 6.45) is 2.82. The molecule has 0 amide bonds. The Morgan fingerprint density at radius 3 is 2.17 bits per heavy atom. The van der Waals surface area contributed by atoms with E-state index in [1.807, 2.05) is 30.3 Å². The number of aryl methyl sites for hydroxylation is 3. The quantitative estimate of drug-likeness (QED) is 0.426. The van der Waals surface area contributed by atoms with Crippen molar-refractivity contribution >= 4 is 17.9 Å². The molecule has 0 fully saturated rings. The van der Waals surface area contributed by atoms with Gasteiger partial charge in [0.2, 0.25) is 0 Å². The Kier molecular flexibility index (Phi) is 5.34. The third-order valence-electron chi connectivity index (χ3n) is 6.08. The second-order valence-electron chi connectivity index (χ2n) is 7.87. The zero-order valence-electron chi connectivity index (χ0n) is 18.3. The van der Waals surface area contributed by atoms with Crippen LogP contribution >= 0.6 is 0 Å². The highest BCUT2D eigenvalue weighted by Crippen LogP contribution is 2.39. The van der Waals surface area contributed by atoms with E-state index in [0.717, 1.165) is 63.5 Å². The highest BCUT2D eigenvalue weighted by molar-refractivity contribution is 6.01. The number of carbonyl (C=O) groups is 1. The van der Waals surface area contributed by atoms with Gasteiger partial charge < -0.3 is 4.74 Å². The average Bonchev–Trinajstić information content (AvgIpc) is 2.76. The molecule has 3 aromatic rings. The highest BCUT2D eigenvalue weighted by atomic mass is 16.5. The Labute approximate surface area is 178 Å². The Morgan fingerprint density at radius 2 is 1.50 bits per heavy atom. The maximum absolute atomic E-state index is 12.5. The van der Waals surface area contributed by atoms with Crippen LogP contribution in [0.3, 0.4) is 0 Å². The van der Waals surface area contributed by atoms with Crippen molar-refractivity contribution in [1.29, 1.82) is 0 Å². The van der Waals surface area contributed by atoms with Crippen molar-refractivity contribution in [2.75, 3.05) is 0 Å². The molecule has 0 unspecified atom stereocenters. The maximum Gasteiger partial charge on any atom is 0.160 e. The molecule has 3 aromatic carbocycles. The monoisotopic (exact) mass is 396 g/mol. The molecule has 0 N–H and O–H groups in total. The highest BCUT2D eigenvalue weighted by Gasteiger charge is 2.24. The van der Waals surface area contributed by atoms with Gasteiger partial charge >= 0.3 is 0 Å². The number of hydrogen-bond acceptors (Lipinski definition) is 2. The van der Waals surface area contributed by atoms with Crippen molar-refractivity contribution in [3.8, 4) is 11.5 Å². The van der Waals surface area contributed by atoms with Gasteiger partial charge in [0.1, 0.15) is 11.5 Å². The van der Waals surface area contributed by atoms with Gasteiger partial charge in [-0.3, -0.25) is 4.79 Å². The fourth-order valence-corrected chi connectivity index (χ4v) is 4.44. The van der Waals surface area contributed by atoms with E-state index in [-0.39, 0.29) is 5.78 Å². The lowest BCUT2D eigenvalue weighted by atomic mass is 9.86. The van der Waals surface area contributed by atoms with Crippen molar-refractivity contribution in [2.45, 2.75) is 47.0 Å². The minimum atomic E-state index is 0.0677. The summed E-state index contributed by atoms with van der Waals surface area (Å²) in [6.45, 7) is 12.4. The fraction of sp³-hybridized carbons (Fsp3) is 0.250. The van der Waals surface area contributed by atoms with Crippen molar-refractivity contribution in [2.24, 2.45) is 0 Å². The summed E-state index contributed by atoms with van der Waals surface area (Å²) in [5.74, 6) is 1.73. The molecule has 30 heavy (non-hydrogen) atoms. The zero-order chi connectivity index (χ0) is 21.4. The van der Waals surface area contributed by atoms with Gasteiger partial charge in [-0.25, -0.2) is 0 Å². The molecule has 0 saturated carbocycles. The standard InChI is InChI=1S/C28H28O2/c1-6-19-14-24-26(13-17(19)4)30-27-16-21(8-3)20(7-2)15-25(27)28(24)23-12-10-9-11-22(23)18(5)29/h9-16H,4,6-8H2,1-3,5H3. The van der Waals surface area contributed by atoms with Crippen LogP contribution in [0.25, 0.3) is 12.2 Å². The molecule has 0 aromatic heterocycles. The van der Waals surface area contributed by atoms with Gasteiger partial charge in [0.15, 0.2) is 5.78 Å². The lowest BCUT2D eigenvalue weighted by Gasteiger charge is -2.25. The van der Waals surface area contributed by atoms with E-state index in [4.69, 9.17) is 4.74 Å². The number of ether oxygens (including phenoxy) is 1. The first-order valence-electron chi connectivity index (χ1n) is 10.8. The second kappa shape index (κ2) is 7.95. The molecule has 2 nitrogen and oxygen atoms in total. The molecule has 1 heterocycles. The molecule has 0 bridgehead atoms. The van der Waals surface area contributed by atoms with Crippen molar-refractivity contribution in [3.63, 3.8) is 0 Å². The second-order valence-corrected chi connectivity index (χ2v) is 7.87. The van der Waals surface area contributed by atoms with Crippen LogP contribution in [-0.4, -0.2) is 5.78 Å². The summed E-state index contributed by atoms with van der Waals surface area (Å²) in [5, 5.41) is 2.02. The number of Topliss-reactive ketones (excluding diaryl/α,β-unsaturated/α-hetero) is 1. The van der Waals surface area contributed by atoms with E-state index in [9.17, 15) is 4.79 Å². The molecule has 0 spiro atoms. The number of fused-ring (bicyclic) bond motifs is 2. The first-order valence-corrected chi connectivity index (χ1v) is 10.8. The van der Waals surface area contributed by atoms with Crippen LogP contribution in [0.5, 0.6) is 11.5 Å². The average molecular weight is 397 g/mol. The number of benzene rings is 3. The van der Waals surface area contributed by atoms with Crippen LogP contribution in [0.4, 0.5) is 0 Å². The predicted molar refractivity (Wildman–Crippen MR) is 124 cm³/mol. The molecule has 4 rings (SSSR count). The minimum absolute atomic E-state index is 0.0677. The van der Waals surface area contributed by atoms with Gasteiger partial charge in [-0.15, -0.1) is 0 Å². The normalized spacial score (nSPS) is 12.2. The summed E-state index contributed by atoms with van der Waals surface area (Å²) in [6, 6.07) is 16.5. The first-order chi connectivity index (χ1) is 14.5. The van der Waals surface area contributed by atoms with Crippen LogP contribution in [0.15, 0.2) is 48.5 Å². The Morgan fingerprint density at radius 1 is 0.833 bits per heavy atom. The minimum Gasteiger partial charge on any atom is -0.456 e. The number of hydrogen-bond donors (Lipinski definition) is 0. The summed E-state index contributed by atoms with van der Waals surface area (Å²) >= 11 is 0. The molecule has 2 heteroatoms. The van der Waals surface area contributed by atoms with Gasteiger partial charge in [-0.1, -0.05) is 51.6 Å². The van der Waals surface area contributed by atoms with Crippen LogP contribution in [0, 0.1) is 0 Å². The topological polar surface area (TPSA) is 26.3 Å². The SMILES string of the molecule is C=c1cc2c(cc1CC)=C(c1ccccc1C(C)=O)c1cc(CC)c(CC)cc1O2. The molecular weight excluding hydrogens is 368 g/mol. The Hall–Kier alpha value is -3.13. The van der Waals surface area contributed by atoms with Crippen LogP contribution < -0.4 is 15.2 Å². The lowest BCUT2D eigenvalue weighted by molar-refractivity contribution is 0.101. The van der Waals surface area contributed by atoms with Crippen LogP contribution in [0.1, 0.15) is 65.9 Å². The van der Waals surface area contributed by atoms with Crippen LogP contribution in [-0.2, 0) is 19.3 Å². The maximum atomic E-state index is 12.5. The number of rotatable bonds is 5. The van der Waals surface area contributed by atoms with E-state index in [1.165, 1.54) is 16.7 Å². The van der Waals surface area contributed by atoms with E-state index in [1.54, 1.807) is 6.92 Å². The summed E-state index contributed by atoms with van der Waals surface area (Å²) in [7, 11) is 0. The Bertz CT molecular complexity index is 1260. The first kappa shape index (κ1) is 20.2. The molecule has 1 aliphatic rings. The van der Waals surface area contributed by atoms with E-state index in [0.29, 0.717) is 0 Å². The molecule has 1 aliphatic heterocycles. The van der Waals surface area contributed by atoms with Crippen molar-refractivity contribution in [3.05, 3.63) is 92.3 Å². The van der Waals surface area contributed by atoms with E-state index >= 15 is 0 Å². The van der Waals surface area contributed by atoms with Gasteiger partial charge in [0.05, 0.1) is 0 Å². The molecule has 0 saturated heterocycles. The van der Waals surface area contributed by atoms with Gasteiger partial charge in [0.25, 0.3) is 0 Å². The zero-order valence-corrected chi connectivity index (χ0v) is 18.3. The van der Waals surface area contributed by atoms with Crippen LogP contribution in [0.2, 0.25) is 0 Å². The van der Waals surface area contributed by atoms with Gasteiger partial charge in [-0.05, 0) is 77.9 Å². The summed E-state index contributed by atoms with van der Waals surface area (Å²) in [5.41, 5.74) is 7.65. The molecule has 0 aliphatic carbocycles. The van der Waals surface area contributed by atoms with E-state index in [2.05, 4.69) is 45.5 Å². The van der Waals surface area contributed by atoms with Gasteiger partial charge in [-0.2, -0.15) is 0 Å². The Balaban J connectivity index is 2.18.